The Morgan fingerprint density at radius 1 is 1.20 bits per heavy atom. The molecule has 0 aliphatic heterocycles. The number of nitrogens with zero attached hydrogens (tertiary/aromatic N) is 1. The van der Waals surface area contributed by atoms with Crippen molar-refractivity contribution in [2.75, 3.05) is 7.05 Å². The van der Waals surface area contributed by atoms with Crippen LogP contribution < -0.4 is 11.3 Å². The number of furan rings is 1. The Balaban J connectivity index is 1.94. The van der Waals surface area contributed by atoms with Crippen molar-refractivity contribution in [2.24, 2.45) is 5.84 Å². The molecule has 1 heterocycles. The van der Waals surface area contributed by atoms with E-state index in [1.807, 2.05) is 12.5 Å². The van der Waals surface area contributed by atoms with Gasteiger partial charge in [-0.3, -0.25) is 15.1 Å². The van der Waals surface area contributed by atoms with E-state index in [2.05, 4.69) is 36.1 Å². The second-order valence-corrected chi connectivity index (χ2v) is 4.90. The van der Waals surface area contributed by atoms with Gasteiger partial charge < -0.3 is 4.42 Å². The minimum Gasteiger partial charge on any atom is -0.455 e. The lowest BCUT2D eigenvalue weighted by atomic mass is 10.1. The molecule has 106 valence electrons. The van der Waals surface area contributed by atoms with Gasteiger partial charge in [0.15, 0.2) is 5.76 Å². The number of carbonyl (C=O) groups excluding carboxylic acids is 1. The van der Waals surface area contributed by atoms with Crippen molar-refractivity contribution >= 4 is 5.91 Å². The highest BCUT2D eigenvalue weighted by Crippen LogP contribution is 2.12. The van der Waals surface area contributed by atoms with E-state index < -0.39 is 5.91 Å². The van der Waals surface area contributed by atoms with E-state index in [1.54, 1.807) is 12.1 Å². The van der Waals surface area contributed by atoms with Gasteiger partial charge >= 0.3 is 5.91 Å². The number of hydrogen-bond donors (Lipinski definition) is 2. The molecule has 2 aromatic rings. The second-order valence-electron chi connectivity index (χ2n) is 4.90. The summed E-state index contributed by atoms with van der Waals surface area (Å²) in [6.07, 6.45) is 0. The van der Waals surface area contributed by atoms with Crippen molar-refractivity contribution in [1.82, 2.24) is 10.3 Å². The van der Waals surface area contributed by atoms with Crippen LogP contribution in [0.1, 0.15) is 27.4 Å². The second kappa shape index (κ2) is 6.36. The first-order valence-corrected chi connectivity index (χ1v) is 6.42. The summed E-state index contributed by atoms with van der Waals surface area (Å²) in [5, 5.41) is 0. The zero-order valence-corrected chi connectivity index (χ0v) is 11.7. The number of hydrogen-bond acceptors (Lipinski definition) is 4. The molecular weight excluding hydrogens is 254 g/mol. The number of benzene rings is 1. The summed E-state index contributed by atoms with van der Waals surface area (Å²) in [7, 11) is 2.01. The molecule has 0 saturated heterocycles. The van der Waals surface area contributed by atoms with Gasteiger partial charge in [-0.2, -0.15) is 0 Å². The predicted octanol–water partition coefficient (Wildman–Crippen LogP) is 1.82. The topological polar surface area (TPSA) is 71.5 Å². The number of nitrogen functional groups attached to an aromatic ring is 1. The SMILES string of the molecule is Cc1ccc(CN(C)Cc2ccc(C(=O)NN)o2)cc1. The van der Waals surface area contributed by atoms with Crippen molar-refractivity contribution in [3.63, 3.8) is 0 Å². The van der Waals surface area contributed by atoms with Gasteiger partial charge in [-0.25, -0.2) is 5.84 Å². The standard InChI is InChI=1S/C15H19N3O2/c1-11-3-5-12(6-4-11)9-18(2)10-13-7-8-14(20-13)15(19)17-16/h3-8H,9-10,16H2,1-2H3,(H,17,19). The highest BCUT2D eigenvalue weighted by molar-refractivity contribution is 5.90. The van der Waals surface area contributed by atoms with E-state index in [0.29, 0.717) is 6.54 Å². The molecule has 0 aliphatic rings. The molecule has 5 nitrogen and oxygen atoms in total. The van der Waals surface area contributed by atoms with Gasteiger partial charge in [0, 0.05) is 6.54 Å². The normalized spacial score (nSPS) is 10.8. The number of carbonyl (C=O) groups is 1. The molecule has 3 N–H and O–H groups in total. The number of nitrogens with one attached hydrogen (secondary N) is 1. The summed E-state index contributed by atoms with van der Waals surface area (Å²) in [5.41, 5.74) is 4.54. The van der Waals surface area contributed by atoms with Gasteiger partial charge in [0.1, 0.15) is 5.76 Å². The largest absolute Gasteiger partial charge is 0.455 e. The summed E-state index contributed by atoms with van der Waals surface area (Å²) >= 11 is 0. The Morgan fingerprint density at radius 3 is 2.55 bits per heavy atom. The number of nitrogens with two attached hydrogens (primary N) is 1. The van der Waals surface area contributed by atoms with E-state index >= 15 is 0 Å². The Morgan fingerprint density at radius 2 is 1.90 bits per heavy atom. The lowest BCUT2D eigenvalue weighted by Crippen LogP contribution is -2.29. The monoisotopic (exact) mass is 273 g/mol. The maximum atomic E-state index is 11.3. The lowest BCUT2D eigenvalue weighted by molar-refractivity contribution is 0.0922. The van der Waals surface area contributed by atoms with E-state index in [4.69, 9.17) is 10.3 Å². The average Bonchev–Trinajstić information content (AvgIpc) is 2.89. The molecule has 0 bridgehead atoms. The van der Waals surface area contributed by atoms with Crippen LogP contribution in [0.4, 0.5) is 0 Å². The Kier molecular flexibility index (Phi) is 4.55. The molecule has 0 saturated carbocycles. The number of hydrazine groups is 1. The maximum absolute atomic E-state index is 11.3. The molecule has 5 heteroatoms. The quantitative estimate of drug-likeness (QED) is 0.495. The predicted molar refractivity (Wildman–Crippen MR) is 76.7 cm³/mol. The molecular formula is C15H19N3O2. The molecule has 0 aliphatic carbocycles. The minimum absolute atomic E-state index is 0.228. The van der Waals surface area contributed by atoms with E-state index in [9.17, 15) is 4.79 Å². The zero-order valence-electron chi connectivity index (χ0n) is 11.7. The molecule has 2 rings (SSSR count). The molecule has 0 spiro atoms. The van der Waals surface area contributed by atoms with Gasteiger partial charge in [0.25, 0.3) is 0 Å². The van der Waals surface area contributed by atoms with Crippen LogP contribution in [0.25, 0.3) is 0 Å². The third kappa shape index (κ3) is 3.69. The van der Waals surface area contributed by atoms with Crippen LogP contribution in [0.15, 0.2) is 40.8 Å². The molecule has 0 fully saturated rings. The fourth-order valence-electron chi connectivity index (χ4n) is 1.98. The van der Waals surface area contributed by atoms with Crippen LogP contribution in [-0.2, 0) is 13.1 Å². The molecule has 0 radical (unpaired) electrons. The summed E-state index contributed by atoms with van der Waals surface area (Å²) in [5.74, 6) is 5.60. The zero-order chi connectivity index (χ0) is 14.5. The first kappa shape index (κ1) is 14.3. The van der Waals surface area contributed by atoms with Crippen molar-refractivity contribution in [1.29, 1.82) is 0 Å². The van der Waals surface area contributed by atoms with Crippen molar-refractivity contribution < 1.29 is 9.21 Å². The van der Waals surface area contributed by atoms with Crippen LogP contribution in [0.5, 0.6) is 0 Å². The van der Waals surface area contributed by atoms with Crippen LogP contribution in [0.3, 0.4) is 0 Å². The lowest BCUT2D eigenvalue weighted by Gasteiger charge is -2.15. The van der Waals surface area contributed by atoms with Gasteiger partial charge in [-0.05, 0) is 31.7 Å². The minimum atomic E-state index is -0.419. The highest BCUT2D eigenvalue weighted by Gasteiger charge is 2.11. The van der Waals surface area contributed by atoms with E-state index in [0.717, 1.165) is 12.3 Å². The van der Waals surface area contributed by atoms with Crippen LogP contribution in [-0.4, -0.2) is 17.9 Å². The summed E-state index contributed by atoms with van der Waals surface area (Å²) in [6, 6.07) is 11.8. The third-order valence-electron chi connectivity index (χ3n) is 3.02. The van der Waals surface area contributed by atoms with Gasteiger partial charge in [-0.1, -0.05) is 29.8 Å². The van der Waals surface area contributed by atoms with Gasteiger partial charge in [0.05, 0.1) is 6.54 Å². The summed E-state index contributed by atoms with van der Waals surface area (Å²) in [6.45, 7) is 3.52. The van der Waals surface area contributed by atoms with E-state index in [-0.39, 0.29) is 5.76 Å². The molecule has 0 unspecified atom stereocenters. The van der Waals surface area contributed by atoms with Gasteiger partial charge in [0.2, 0.25) is 0 Å². The Hall–Kier alpha value is -2.11. The van der Waals surface area contributed by atoms with Crippen molar-refractivity contribution in [3.8, 4) is 0 Å². The van der Waals surface area contributed by atoms with Crippen LogP contribution in [0.2, 0.25) is 0 Å². The number of aryl methyl sites for hydroxylation is 1. The fourth-order valence-corrected chi connectivity index (χ4v) is 1.98. The van der Waals surface area contributed by atoms with E-state index in [1.165, 1.54) is 11.1 Å². The third-order valence-corrected chi connectivity index (χ3v) is 3.02. The van der Waals surface area contributed by atoms with Gasteiger partial charge in [-0.15, -0.1) is 0 Å². The average molecular weight is 273 g/mol. The van der Waals surface area contributed by atoms with Crippen molar-refractivity contribution in [3.05, 3.63) is 59.0 Å². The van der Waals surface area contributed by atoms with Crippen LogP contribution in [0, 0.1) is 6.92 Å². The Bertz CT molecular complexity index is 575. The highest BCUT2D eigenvalue weighted by atomic mass is 16.4. The summed E-state index contributed by atoms with van der Waals surface area (Å²) < 4.78 is 5.43. The summed E-state index contributed by atoms with van der Waals surface area (Å²) in [4.78, 5) is 13.4. The molecule has 1 aromatic heterocycles. The fraction of sp³-hybridized carbons (Fsp3) is 0.267. The molecule has 1 amide bonds. The number of amides is 1. The smallest absolute Gasteiger partial charge is 0.300 e. The molecule has 0 atom stereocenters. The Labute approximate surface area is 118 Å². The first-order chi connectivity index (χ1) is 9.58. The van der Waals surface area contributed by atoms with Crippen molar-refractivity contribution in [2.45, 2.75) is 20.0 Å². The van der Waals surface area contributed by atoms with Crippen LogP contribution >= 0.6 is 0 Å². The number of rotatable bonds is 5. The molecule has 1 aromatic carbocycles. The maximum Gasteiger partial charge on any atom is 0.300 e. The first-order valence-electron chi connectivity index (χ1n) is 6.42. The molecule has 20 heavy (non-hydrogen) atoms.